The number of hydrogen-bond acceptors (Lipinski definition) is 3. The van der Waals surface area contributed by atoms with Crippen molar-refractivity contribution in [2.45, 2.75) is 20.5 Å². The lowest BCUT2D eigenvalue weighted by molar-refractivity contribution is -0.134. The van der Waals surface area contributed by atoms with Gasteiger partial charge in [0.25, 0.3) is 0 Å². The van der Waals surface area contributed by atoms with Crippen molar-refractivity contribution in [1.82, 2.24) is 5.32 Å². The molecule has 2 N–H and O–H groups in total. The second kappa shape index (κ2) is 7.97. The highest BCUT2D eigenvalue weighted by Crippen LogP contribution is 2.17. The molecule has 24 heavy (non-hydrogen) atoms. The van der Waals surface area contributed by atoms with Crippen LogP contribution < -0.4 is 10.1 Å². The van der Waals surface area contributed by atoms with Crippen molar-refractivity contribution in [2.24, 2.45) is 0 Å². The Labute approximate surface area is 140 Å². The molecule has 0 aromatic heterocycles. The van der Waals surface area contributed by atoms with Crippen molar-refractivity contribution >= 4 is 18.0 Å². The fourth-order valence-corrected chi connectivity index (χ4v) is 2.17. The predicted octanol–water partition coefficient (Wildman–Crippen LogP) is 3.14. The summed E-state index contributed by atoms with van der Waals surface area (Å²) in [4.78, 5) is 22.2. The number of benzene rings is 2. The van der Waals surface area contributed by atoms with Crippen molar-refractivity contribution < 1.29 is 19.4 Å². The van der Waals surface area contributed by atoms with E-state index in [1.54, 1.807) is 24.3 Å². The van der Waals surface area contributed by atoms with Crippen molar-refractivity contribution in [2.75, 3.05) is 0 Å². The number of ether oxygens (including phenoxy) is 1. The van der Waals surface area contributed by atoms with Gasteiger partial charge in [0, 0.05) is 6.92 Å². The van der Waals surface area contributed by atoms with Gasteiger partial charge in [0.1, 0.15) is 18.1 Å². The molecule has 0 spiro atoms. The number of aliphatic carboxylic acids is 1. The van der Waals surface area contributed by atoms with Crippen molar-refractivity contribution in [3.63, 3.8) is 0 Å². The highest BCUT2D eigenvalue weighted by Gasteiger charge is 2.09. The van der Waals surface area contributed by atoms with Gasteiger partial charge in [0.15, 0.2) is 0 Å². The molecular weight excluding hydrogens is 306 g/mol. The van der Waals surface area contributed by atoms with Crippen LogP contribution in [0.25, 0.3) is 6.08 Å². The van der Waals surface area contributed by atoms with E-state index in [4.69, 9.17) is 9.84 Å². The molecule has 0 radical (unpaired) electrons. The number of aryl methyl sites for hydroxylation is 1. The minimum absolute atomic E-state index is 0.182. The third-order valence-corrected chi connectivity index (χ3v) is 3.20. The highest BCUT2D eigenvalue weighted by molar-refractivity contribution is 5.96. The molecule has 0 bridgehead atoms. The quantitative estimate of drug-likeness (QED) is 0.800. The third kappa shape index (κ3) is 5.28. The summed E-state index contributed by atoms with van der Waals surface area (Å²) in [5.41, 5.74) is 2.66. The van der Waals surface area contributed by atoms with Gasteiger partial charge in [-0.1, -0.05) is 42.0 Å². The van der Waals surface area contributed by atoms with E-state index in [0.717, 1.165) is 11.1 Å². The topological polar surface area (TPSA) is 75.6 Å². The van der Waals surface area contributed by atoms with Gasteiger partial charge in [-0.25, -0.2) is 4.79 Å². The molecule has 0 aliphatic heterocycles. The van der Waals surface area contributed by atoms with Gasteiger partial charge in [-0.2, -0.15) is 0 Å². The Hall–Kier alpha value is -3.08. The Bertz CT molecular complexity index is 780. The zero-order valence-corrected chi connectivity index (χ0v) is 13.6. The fraction of sp³-hybridized carbons (Fsp3) is 0.158. The molecule has 0 heterocycles. The minimum Gasteiger partial charge on any atom is -0.489 e. The Morgan fingerprint density at radius 3 is 2.58 bits per heavy atom. The number of carbonyl (C=O) groups excluding carboxylic acids is 1. The van der Waals surface area contributed by atoms with E-state index in [2.05, 4.69) is 5.32 Å². The lowest BCUT2D eigenvalue weighted by atomic mass is 10.1. The van der Waals surface area contributed by atoms with Gasteiger partial charge >= 0.3 is 5.97 Å². The largest absolute Gasteiger partial charge is 0.489 e. The average Bonchev–Trinajstić information content (AvgIpc) is 2.52. The van der Waals surface area contributed by atoms with Crippen LogP contribution in [-0.2, 0) is 16.2 Å². The van der Waals surface area contributed by atoms with E-state index in [9.17, 15) is 9.59 Å². The molecule has 2 rings (SSSR count). The van der Waals surface area contributed by atoms with Gasteiger partial charge in [0.05, 0.1) is 0 Å². The molecular formula is C19H19NO4. The summed E-state index contributed by atoms with van der Waals surface area (Å²) >= 11 is 0. The Balaban J connectivity index is 2.13. The predicted molar refractivity (Wildman–Crippen MR) is 91.4 cm³/mol. The van der Waals surface area contributed by atoms with Crippen LogP contribution in [0.1, 0.15) is 23.6 Å². The summed E-state index contributed by atoms with van der Waals surface area (Å²) in [7, 11) is 0. The molecule has 5 heteroatoms. The van der Waals surface area contributed by atoms with Crippen LogP contribution in [0.15, 0.2) is 54.2 Å². The maximum absolute atomic E-state index is 11.2. The zero-order valence-electron chi connectivity index (χ0n) is 13.6. The second-order valence-electron chi connectivity index (χ2n) is 5.39. The van der Waals surface area contributed by atoms with Crippen LogP contribution in [0.2, 0.25) is 0 Å². The number of rotatable bonds is 6. The van der Waals surface area contributed by atoms with E-state index in [1.807, 2.05) is 31.2 Å². The number of carboxylic acid groups (broad SMARTS) is 1. The van der Waals surface area contributed by atoms with Crippen LogP contribution in [0.3, 0.4) is 0 Å². The minimum atomic E-state index is -1.20. The molecule has 1 amide bonds. The summed E-state index contributed by atoms with van der Waals surface area (Å²) in [6.07, 6.45) is 1.39. The molecule has 2 aromatic rings. The number of hydrogen-bond donors (Lipinski definition) is 2. The van der Waals surface area contributed by atoms with Crippen LogP contribution in [0.4, 0.5) is 0 Å². The second-order valence-corrected chi connectivity index (χ2v) is 5.39. The van der Waals surface area contributed by atoms with E-state index in [1.165, 1.54) is 13.0 Å². The maximum Gasteiger partial charge on any atom is 0.352 e. The summed E-state index contributed by atoms with van der Waals surface area (Å²) < 4.78 is 5.75. The van der Waals surface area contributed by atoms with Gasteiger partial charge in [-0.15, -0.1) is 0 Å². The fourth-order valence-electron chi connectivity index (χ4n) is 2.17. The number of carboxylic acids is 1. The molecule has 0 saturated heterocycles. The van der Waals surface area contributed by atoms with Gasteiger partial charge < -0.3 is 15.2 Å². The highest BCUT2D eigenvalue weighted by atomic mass is 16.5. The molecule has 0 unspecified atom stereocenters. The SMILES string of the molecule is CC(=O)NC(=Cc1cccc(OCc2cccc(C)c2)c1)C(=O)O. The molecule has 2 aromatic carbocycles. The van der Waals surface area contributed by atoms with Crippen molar-refractivity contribution in [3.8, 4) is 5.75 Å². The Kier molecular flexibility index (Phi) is 5.73. The van der Waals surface area contributed by atoms with Gasteiger partial charge in [-0.3, -0.25) is 4.79 Å². The van der Waals surface area contributed by atoms with E-state index in [-0.39, 0.29) is 5.70 Å². The van der Waals surface area contributed by atoms with Gasteiger partial charge in [-0.05, 0) is 36.3 Å². The number of nitrogens with one attached hydrogen (secondary N) is 1. The third-order valence-electron chi connectivity index (χ3n) is 3.20. The first-order valence-corrected chi connectivity index (χ1v) is 7.45. The lowest BCUT2D eigenvalue weighted by Gasteiger charge is -2.08. The van der Waals surface area contributed by atoms with E-state index >= 15 is 0 Å². The van der Waals surface area contributed by atoms with Crippen LogP contribution in [0, 0.1) is 6.92 Å². The standard InChI is InChI=1S/C19H19NO4/c1-13-5-3-7-16(9-13)12-24-17-8-4-6-15(10-17)11-18(19(22)23)20-14(2)21/h3-11H,12H2,1-2H3,(H,20,21)(H,22,23). The maximum atomic E-state index is 11.2. The summed E-state index contributed by atoms with van der Waals surface area (Å²) in [5.74, 6) is -1.01. The molecule has 124 valence electrons. The Morgan fingerprint density at radius 1 is 1.17 bits per heavy atom. The molecule has 0 aliphatic carbocycles. The molecule has 0 aliphatic rings. The zero-order chi connectivity index (χ0) is 17.5. The normalized spacial score (nSPS) is 11.0. The molecule has 5 nitrogen and oxygen atoms in total. The first kappa shape index (κ1) is 17.3. The average molecular weight is 325 g/mol. The first-order valence-electron chi connectivity index (χ1n) is 7.45. The number of amides is 1. The smallest absolute Gasteiger partial charge is 0.352 e. The van der Waals surface area contributed by atoms with Crippen LogP contribution in [0.5, 0.6) is 5.75 Å². The molecule has 0 saturated carbocycles. The molecule has 0 fully saturated rings. The van der Waals surface area contributed by atoms with Crippen LogP contribution in [-0.4, -0.2) is 17.0 Å². The lowest BCUT2D eigenvalue weighted by Crippen LogP contribution is -2.24. The van der Waals surface area contributed by atoms with Crippen molar-refractivity contribution in [1.29, 1.82) is 0 Å². The summed E-state index contributed by atoms with van der Waals surface area (Å²) in [6.45, 7) is 3.70. The van der Waals surface area contributed by atoms with E-state index < -0.39 is 11.9 Å². The van der Waals surface area contributed by atoms with Gasteiger partial charge in [0.2, 0.25) is 5.91 Å². The van der Waals surface area contributed by atoms with Crippen LogP contribution >= 0.6 is 0 Å². The van der Waals surface area contributed by atoms with Crippen molar-refractivity contribution in [3.05, 3.63) is 70.9 Å². The monoisotopic (exact) mass is 325 g/mol. The molecule has 0 atom stereocenters. The summed E-state index contributed by atoms with van der Waals surface area (Å²) in [5, 5.41) is 11.4. The van der Waals surface area contributed by atoms with E-state index in [0.29, 0.717) is 17.9 Å². The first-order chi connectivity index (χ1) is 11.4. The summed E-state index contributed by atoms with van der Waals surface area (Å²) in [6, 6.07) is 15.0. The number of carbonyl (C=O) groups is 2. The Morgan fingerprint density at radius 2 is 1.92 bits per heavy atom.